The summed E-state index contributed by atoms with van der Waals surface area (Å²) in [6.45, 7) is 0. The average molecular weight is 178 g/mol. The third-order valence-electron chi connectivity index (χ3n) is 1.48. The summed E-state index contributed by atoms with van der Waals surface area (Å²) in [5.74, 6) is -4.36. The molecule has 1 aromatic rings. The van der Waals surface area contributed by atoms with Crippen LogP contribution in [-0.2, 0) is 9.59 Å². The summed E-state index contributed by atoms with van der Waals surface area (Å²) >= 11 is 0. The van der Waals surface area contributed by atoms with Crippen molar-refractivity contribution in [3.8, 4) is 0 Å². The van der Waals surface area contributed by atoms with Crippen LogP contribution >= 0.6 is 0 Å². The molecule has 0 saturated carbocycles. The highest BCUT2D eigenvalue weighted by Gasteiger charge is 2.27. The van der Waals surface area contributed by atoms with E-state index in [1.165, 1.54) is 18.2 Å². The molecule has 0 heterocycles. The lowest BCUT2D eigenvalue weighted by Gasteiger charge is -2.03. The van der Waals surface area contributed by atoms with Gasteiger partial charge in [-0.2, -0.15) is 0 Å². The van der Waals surface area contributed by atoms with E-state index in [2.05, 4.69) is 12.1 Å². The number of carboxylic acid groups (broad SMARTS) is 2. The Bertz CT molecular complexity index is 304. The molecule has 0 saturated heterocycles. The molecule has 0 spiro atoms. The Morgan fingerprint density at radius 3 is 2.31 bits per heavy atom. The second-order valence-corrected chi connectivity index (χ2v) is 2.36. The van der Waals surface area contributed by atoms with Crippen molar-refractivity contribution in [1.82, 2.24) is 0 Å². The normalized spacial score (nSPS) is 9.31. The maximum absolute atomic E-state index is 10.5. The van der Waals surface area contributed by atoms with E-state index in [-0.39, 0.29) is 5.56 Å². The van der Waals surface area contributed by atoms with Crippen molar-refractivity contribution in [2.45, 2.75) is 5.92 Å². The van der Waals surface area contributed by atoms with Gasteiger partial charge >= 0.3 is 11.9 Å². The van der Waals surface area contributed by atoms with Crippen LogP contribution in [0, 0.1) is 12.1 Å². The lowest BCUT2D eigenvalue weighted by atomic mass is 10.0. The predicted octanol–water partition coefficient (Wildman–Crippen LogP) is 0.540. The largest absolute Gasteiger partial charge is 0.480 e. The zero-order valence-electron chi connectivity index (χ0n) is 6.52. The van der Waals surface area contributed by atoms with Gasteiger partial charge in [-0.05, 0) is 12.1 Å². The first-order chi connectivity index (χ1) is 6.13. The molecular weight excluding hydrogens is 172 g/mol. The summed E-state index contributed by atoms with van der Waals surface area (Å²) < 4.78 is 0. The third kappa shape index (κ3) is 1.97. The molecule has 4 heteroatoms. The van der Waals surface area contributed by atoms with Crippen LogP contribution in [0.1, 0.15) is 11.5 Å². The van der Waals surface area contributed by atoms with E-state index in [0.717, 1.165) is 0 Å². The smallest absolute Gasteiger partial charge is 0.323 e. The predicted molar refractivity (Wildman–Crippen MR) is 42.1 cm³/mol. The Balaban J connectivity index is 3.03. The molecule has 0 atom stereocenters. The number of hydrogen-bond donors (Lipinski definition) is 2. The molecule has 0 unspecified atom stereocenters. The van der Waals surface area contributed by atoms with Gasteiger partial charge in [-0.3, -0.25) is 9.59 Å². The quantitative estimate of drug-likeness (QED) is 0.662. The highest BCUT2D eigenvalue weighted by atomic mass is 16.4. The Labute approximate surface area is 74.4 Å². The number of hydrogen-bond acceptors (Lipinski definition) is 2. The van der Waals surface area contributed by atoms with Crippen molar-refractivity contribution < 1.29 is 19.8 Å². The van der Waals surface area contributed by atoms with Gasteiger partial charge in [0.2, 0.25) is 0 Å². The van der Waals surface area contributed by atoms with Crippen LogP contribution in [0.15, 0.2) is 18.2 Å². The molecule has 1 aromatic carbocycles. The highest BCUT2D eigenvalue weighted by molar-refractivity contribution is 5.98. The Kier molecular flexibility index (Phi) is 2.50. The van der Waals surface area contributed by atoms with Crippen molar-refractivity contribution in [3.63, 3.8) is 0 Å². The van der Waals surface area contributed by atoms with Crippen LogP contribution in [-0.4, -0.2) is 22.2 Å². The van der Waals surface area contributed by atoms with E-state index in [4.69, 9.17) is 10.2 Å². The second kappa shape index (κ2) is 3.59. The summed E-state index contributed by atoms with van der Waals surface area (Å²) in [7, 11) is 0. The van der Waals surface area contributed by atoms with Gasteiger partial charge in [0.15, 0.2) is 5.92 Å². The van der Waals surface area contributed by atoms with Crippen LogP contribution in [0.3, 0.4) is 0 Å². The summed E-state index contributed by atoms with van der Waals surface area (Å²) in [5, 5.41) is 17.2. The first-order valence-electron chi connectivity index (χ1n) is 3.47. The fourth-order valence-corrected chi connectivity index (χ4v) is 0.907. The molecule has 66 valence electrons. The molecule has 0 aliphatic rings. The molecule has 4 nitrogen and oxygen atoms in total. The fraction of sp³-hybridized carbons (Fsp3) is 0.111. The van der Waals surface area contributed by atoms with Crippen LogP contribution in [0.25, 0.3) is 0 Å². The Morgan fingerprint density at radius 2 is 1.92 bits per heavy atom. The summed E-state index contributed by atoms with van der Waals surface area (Å²) in [4.78, 5) is 21.1. The van der Waals surface area contributed by atoms with Crippen molar-refractivity contribution in [3.05, 3.63) is 35.9 Å². The van der Waals surface area contributed by atoms with Crippen LogP contribution in [0.4, 0.5) is 0 Å². The average Bonchev–Trinajstić information content (AvgIpc) is 2.04. The van der Waals surface area contributed by atoms with E-state index in [9.17, 15) is 9.59 Å². The van der Waals surface area contributed by atoms with Crippen molar-refractivity contribution in [1.29, 1.82) is 0 Å². The van der Waals surface area contributed by atoms with Gasteiger partial charge < -0.3 is 10.2 Å². The molecule has 0 amide bonds. The van der Waals surface area contributed by atoms with Gasteiger partial charge in [0.1, 0.15) is 0 Å². The SMILES string of the molecule is O=C(O)C(C(=O)O)c1c#cccc1. The summed E-state index contributed by atoms with van der Waals surface area (Å²) in [6, 6.07) is 9.37. The zero-order chi connectivity index (χ0) is 9.84. The van der Waals surface area contributed by atoms with Crippen LogP contribution in [0.2, 0.25) is 0 Å². The van der Waals surface area contributed by atoms with Gasteiger partial charge in [0, 0.05) is 5.56 Å². The lowest BCUT2D eigenvalue weighted by Crippen LogP contribution is -2.20. The first-order valence-corrected chi connectivity index (χ1v) is 3.47. The number of aliphatic carboxylic acids is 2. The Hall–Kier alpha value is -2.02. The Morgan fingerprint density at radius 1 is 1.31 bits per heavy atom. The number of carbonyl (C=O) groups is 2. The molecule has 0 aromatic heterocycles. The van der Waals surface area contributed by atoms with Gasteiger partial charge in [-0.15, -0.1) is 0 Å². The van der Waals surface area contributed by atoms with E-state index in [1.54, 1.807) is 0 Å². The molecule has 13 heavy (non-hydrogen) atoms. The van der Waals surface area contributed by atoms with Gasteiger partial charge in [-0.1, -0.05) is 18.2 Å². The molecule has 0 bridgehead atoms. The van der Waals surface area contributed by atoms with E-state index in [0.29, 0.717) is 0 Å². The molecule has 0 fully saturated rings. The molecule has 2 N–H and O–H groups in total. The molecule has 1 rings (SSSR count). The molecular formula is C9H6O4. The van der Waals surface area contributed by atoms with Crippen LogP contribution in [0.5, 0.6) is 0 Å². The third-order valence-corrected chi connectivity index (χ3v) is 1.48. The molecule has 0 aliphatic carbocycles. The van der Waals surface area contributed by atoms with Gasteiger partial charge in [0.05, 0.1) is 0 Å². The maximum Gasteiger partial charge on any atom is 0.323 e. The minimum Gasteiger partial charge on any atom is -0.480 e. The monoisotopic (exact) mass is 178 g/mol. The zero-order valence-corrected chi connectivity index (χ0v) is 6.52. The maximum atomic E-state index is 10.5. The van der Waals surface area contributed by atoms with Crippen molar-refractivity contribution in [2.24, 2.45) is 0 Å². The number of carboxylic acids is 2. The standard InChI is InChI=1S/C9H6O4/c10-8(11)7(9(12)13)6-4-2-1-3-5-6/h1-2,4,7H,(H,10,11)(H,12,13). The van der Waals surface area contributed by atoms with Crippen molar-refractivity contribution >= 4 is 11.9 Å². The van der Waals surface area contributed by atoms with Gasteiger partial charge in [-0.25, -0.2) is 0 Å². The first kappa shape index (κ1) is 9.07. The minimum absolute atomic E-state index is 0.0995. The topological polar surface area (TPSA) is 74.6 Å². The summed E-state index contributed by atoms with van der Waals surface area (Å²) in [5.41, 5.74) is 0.0995. The van der Waals surface area contributed by atoms with Crippen LogP contribution < -0.4 is 0 Å². The van der Waals surface area contributed by atoms with Gasteiger partial charge in [0.25, 0.3) is 0 Å². The number of rotatable bonds is 3. The second-order valence-electron chi connectivity index (χ2n) is 2.36. The van der Waals surface area contributed by atoms with E-state index in [1.807, 2.05) is 0 Å². The highest BCUT2D eigenvalue weighted by Crippen LogP contribution is 2.13. The van der Waals surface area contributed by atoms with Crippen molar-refractivity contribution in [2.75, 3.05) is 0 Å². The summed E-state index contributed by atoms with van der Waals surface area (Å²) in [6.07, 6.45) is 0. The molecule has 0 aliphatic heterocycles. The fourth-order valence-electron chi connectivity index (χ4n) is 0.907. The lowest BCUT2D eigenvalue weighted by molar-refractivity contribution is -0.150. The molecule has 0 radical (unpaired) electrons. The minimum atomic E-state index is -1.56. The van der Waals surface area contributed by atoms with E-state index < -0.39 is 17.9 Å². The van der Waals surface area contributed by atoms with E-state index >= 15 is 0 Å².